The maximum Gasteiger partial charge on any atom is 0.338 e. The predicted octanol–water partition coefficient (Wildman–Crippen LogP) is 3.27. The number of hydrogen-bond acceptors (Lipinski definition) is 3. The minimum atomic E-state index is -0.237. The summed E-state index contributed by atoms with van der Waals surface area (Å²) in [4.78, 5) is 11.7. The Labute approximate surface area is 120 Å². The molecule has 0 bridgehead atoms. The van der Waals surface area contributed by atoms with Gasteiger partial charge in [0.15, 0.2) is 0 Å². The smallest absolute Gasteiger partial charge is 0.338 e. The fourth-order valence-corrected chi connectivity index (χ4v) is 2.66. The van der Waals surface area contributed by atoms with Gasteiger partial charge in [-0.3, -0.25) is 0 Å². The predicted molar refractivity (Wildman–Crippen MR) is 78.8 cm³/mol. The van der Waals surface area contributed by atoms with Crippen molar-refractivity contribution in [2.75, 3.05) is 6.61 Å². The second-order valence-electron chi connectivity index (χ2n) is 4.97. The average Bonchev–Trinajstić information content (AvgIpc) is 2.39. The maximum absolute atomic E-state index is 11.7. The topological polar surface area (TPSA) is 52.3 Å². The Morgan fingerprint density at radius 1 is 1.42 bits per heavy atom. The van der Waals surface area contributed by atoms with E-state index in [1.807, 2.05) is 25.1 Å². The maximum atomic E-state index is 11.7. The molecule has 0 aromatic heterocycles. The van der Waals surface area contributed by atoms with Crippen molar-refractivity contribution >= 4 is 18.4 Å². The number of halogens is 1. The fraction of sp³-hybridized carbons (Fsp3) is 0.533. The van der Waals surface area contributed by atoms with Gasteiger partial charge in [0.1, 0.15) is 0 Å². The molecule has 1 saturated carbocycles. The number of hydrogen-bond donors (Lipinski definition) is 1. The summed E-state index contributed by atoms with van der Waals surface area (Å²) in [6.07, 6.45) is 4.48. The van der Waals surface area contributed by atoms with Gasteiger partial charge in [-0.1, -0.05) is 18.6 Å². The van der Waals surface area contributed by atoms with Crippen LogP contribution in [0.4, 0.5) is 0 Å². The van der Waals surface area contributed by atoms with E-state index in [-0.39, 0.29) is 18.4 Å². The van der Waals surface area contributed by atoms with Crippen LogP contribution >= 0.6 is 12.4 Å². The first kappa shape index (κ1) is 16.0. The largest absolute Gasteiger partial charge is 0.462 e. The Kier molecular flexibility index (Phi) is 6.32. The molecule has 1 fully saturated rings. The Morgan fingerprint density at radius 2 is 2.21 bits per heavy atom. The van der Waals surface area contributed by atoms with E-state index in [1.165, 1.54) is 18.4 Å². The summed E-state index contributed by atoms with van der Waals surface area (Å²) in [6, 6.07) is 8.09. The summed E-state index contributed by atoms with van der Waals surface area (Å²) in [7, 11) is 0. The molecule has 1 aromatic rings. The van der Waals surface area contributed by atoms with E-state index < -0.39 is 0 Å². The van der Waals surface area contributed by atoms with Gasteiger partial charge >= 0.3 is 5.97 Å². The van der Waals surface area contributed by atoms with Crippen LogP contribution in [0.2, 0.25) is 0 Å². The van der Waals surface area contributed by atoms with Crippen molar-refractivity contribution in [2.45, 2.75) is 44.6 Å². The monoisotopic (exact) mass is 283 g/mol. The Balaban J connectivity index is 0.00000180. The second-order valence-corrected chi connectivity index (χ2v) is 4.97. The van der Waals surface area contributed by atoms with Crippen molar-refractivity contribution in [1.82, 2.24) is 0 Å². The molecule has 0 spiro atoms. The molecule has 3 nitrogen and oxygen atoms in total. The first-order chi connectivity index (χ1) is 8.70. The van der Waals surface area contributed by atoms with Crippen molar-refractivity contribution in [3.63, 3.8) is 0 Å². The summed E-state index contributed by atoms with van der Waals surface area (Å²) in [5.74, 6) is 0.252. The van der Waals surface area contributed by atoms with E-state index in [2.05, 4.69) is 6.07 Å². The number of benzene rings is 1. The molecule has 1 aliphatic rings. The van der Waals surface area contributed by atoms with Crippen LogP contribution in [-0.2, 0) is 4.74 Å². The highest BCUT2D eigenvalue weighted by molar-refractivity contribution is 5.89. The summed E-state index contributed by atoms with van der Waals surface area (Å²) in [5, 5.41) is 0. The van der Waals surface area contributed by atoms with Gasteiger partial charge in [0.05, 0.1) is 12.2 Å². The molecule has 19 heavy (non-hydrogen) atoms. The third-order valence-corrected chi connectivity index (χ3v) is 3.58. The van der Waals surface area contributed by atoms with Crippen LogP contribution in [0.5, 0.6) is 0 Å². The number of esters is 1. The van der Waals surface area contributed by atoms with Gasteiger partial charge in [0, 0.05) is 6.04 Å². The van der Waals surface area contributed by atoms with Gasteiger partial charge in [0.2, 0.25) is 0 Å². The summed E-state index contributed by atoms with van der Waals surface area (Å²) >= 11 is 0. The normalized spacial score (nSPS) is 22.4. The van der Waals surface area contributed by atoms with Gasteiger partial charge in [-0.2, -0.15) is 0 Å². The summed E-state index contributed by atoms with van der Waals surface area (Å²) in [5.41, 5.74) is 7.88. The summed E-state index contributed by atoms with van der Waals surface area (Å²) in [6.45, 7) is 2.24. The first-order valence-corrected chi connectivity index (χ1v) is 6.73. The second kappa shape index (κ2) is 7.51. The number of ether oxygens (including phenoxy) is 1. The molecule has 2 unspecified atom stereocenters. The lowest BCUT2D eigenvalue weighted by Crippen LogP contribution is -2.26. The third kappa shape index (κ3) is 4.22. The number of nitrogens with two attached hydrogens (primary N) is 1. The van der Waals surface area contributed by atoms with Crippen LogP contribution in [-0.4, -0.2) is 18.6 Å². The van der Waals surface area contributed by atoms with Crippen molar-refractivity contribution in [2.24, 2.45) is 5.73 Å². The van der Waals surface area contributed by atoms with Gasteiger partial charge in [-0.15, -0.1) is 12.4 Å². The van der Waals surface area contributed by atoms with Gasteiger partial charge in [-0.05, 0) is 49.8 Å². The molecule has 0 radical (unpaired) electrons. The molecule has 0 saturated heterocycles. The molecule has 1 aromatic carbocycles. The van der Waals surface area contributed by atoms with Gasteiger partial charge in [-0.25, -0.2) is 4.79 Å². The third-order valence-electron chi connectivity index (χ3n) is 3.58. The Hall–Kier alpha value is -1.06. The lowest BCUT2D eigenvalue weighted by Gasteiger charge is -2.27. The Bertz CT molecular complexity index is 422. The standard InChI is InChI=1S/C15H21NO2.ClH/c1-2-18-15(17)13-7-3-5-11(9-13)12-6-4-8-14(16)10-12;/h3,5,7,9,12,14H,2,4,6,8,10,16H2,1H3;1H. The van der Waals surface area contributed by atoms with E-state index in [0.717, 1.165) is 12.8 Å². The highest BCUT2D eigenvalue weighted by Crippen LogP contribution is 2.32. The molecule has 4 heteroatoms. The highest BCUT2D eigenvalue weighted by atomic mass is 35.5. The lowest BCUT2D eigenvalue weighted by atomic mass is 9.81. The first-order valence-electron chi connectivity index (χ1n) is 6.73. The van der Waals surface area contributed by atoms with Crippen LogP contribution in [0.3, 0.4) is 0 Å². The molecule has 2 N–H and O–H groups in total. The number of carbonyl (C=O) groups is 1. The van der Waals surface area contributed by atoms with E-state index >= 15 is 0 Å². The molecule has 0 amide bonds. The molecule has 1 aliphatic carbocycles. The zero-order chi connectivity index (χ0) is 13.0. The van der Waals surface area contributed by atoms with E-state index in [1.54, 1.807) is 0 Å². The zero-order valence-electron chi connectivity index (χ0n) is 11.3. The van der Waals surface area contributed by atoms with E-state index in [4.69, 9.17) is 10.5 Å². The average molecular weight is 284 g/mol. The fourth-order valence-electron chi connectivity index (χ4n) is 2.66. The van der Waals surface area contributed by atoms with E-state index in [9.17, 15) is 4.79 Å². The van der Waals surface area contributed by atoms with Crippen molar-refractivity contribution in [3.8, 4) is 0 Å². The van der Waals surface area contributed by atoms with Crippen LogP contribution < -0.4 is 5.73 Å². The SMILES string of the molecule is CCOC(=O)c1cccc(C2CCCC(N)C2)c1.Cl. The lowest BCUT2D eigenvalue weighted by molar-refractivity contribution is 0.0526. The van der Waals surface area contributed by atoms with Gasteiger partial charge in [0.25, 0.3) is 0 Å². The van der Waals surface area contributed by atoms with Crippen LogP contribution in [0, 0.1) is 0 Å². The van der Waals surface area contributed by atoms with E-state index in [0.29, 0.717) is 24.1 Å². The molecule has 0 heterocycles. The molecule has 2 rings (SSSR count). The molecule has 0 aliphatic heterocycles. The van der Waals surface area contributed by atoms with Gasteiger partial charge < -0.3 is 10.5 Å². The summed E-state index contributed by atoms with van der Waals surface area (Å²) < 4.78 is 5.03. The van der Waals surface area contributed by atoms with Crippen LogP contribution in [0.1, 0.15) is 54.4 Å². The van der Waals surface area contributed by atoms with Crippen molar-refractivity contribution in [3.05, 3.63) is 35.4 Å². The zero-order valence-corrected chi connectivity index (χ0v) is 12.1. The Morgan fingerprint density at radius 3 is 2.89 bits per heavy atom. The van der Waals surface area contributed by atoms with Crippen molar-refractivity contribution < 1.29 is 9.53 Å². The van der Waals surface area contributed by atoms with Crippen LogP contribution in [0.15, 0.2) is 24.3 Å². The molecular formula is C15H22ClNO2. The minimum absolute atomic E-state index is 0. The number of rotatable bonds is 3. The number of carbonyl (C=O) groups excluding carboxylic acids is 1. The van der Waals surface area contributed by atoms with Crippen molar-refractivity contribution in [1.29, 1.82) is 0 Å². The minimum Gasteiger partial charge on any atom is -0.462 e. The molecule has 106 valence electrons. The molecule has 2 atom stereocenters. The quantitative estimate of drug-likeness (QED) is 0.866. The van der Waals surface area contributed by atoms with Crippen LogP contribution in [0.25, 0.3) is 0 Å². The molecular weight excluding hydrogens is 262 g/mol. The highest BCUT2D eigenvalue weighted by Gasteiger charge is 2.21.